The van der Waals surface area contributed by atoms with Gasteiger partial charge in [-0.2, -0.15) is 5.10 Å². The number of hydrogen-bond acceptors (Lipinski definition) is 5. The minimum absolute atomic E-state index is 0.0187. The summed E-state index contributed by atoms with van der Waals surface area (Å²) < 4.78 is 7.04. The standard InChI is InChI=1S/C23H34N4O4/c1-12-19(14(3)27(5)26-12)25-20(28)15(4)31-21(29)13(2)24-22(30)23-9-16-6-17(10-23)8-18(7-16)11-23/h13,15-18H,6-11H2,1-5H3,(H,24,30)(H,25,28)/t13-,15+,16?,17?,18?,23?/m0/s1. The molecule has 2 N–H and O–H groups in total. The molecule has 0 saturated heterocycles. The first-order valence-corrected chi connectivity index (χ1v) is 11.4. The van der Waals surface area contributed by atoms with Gasteiger partial charge in [0.1, 0.15) is 6.04 Å². The predicted molar refractivity (Wildman–Crippen MR) is 115 cm³/mol. The number of anilines is 1. The Morgan fingerprint density at radius 2 is 1.61 bits per heavy atom. The molecule has 1 aromatic rings. The van der Waals surface area contributed by atoms with Crippen molar-refractivity contribution in [2.75, 3.05) is 5.32 Å². The summed E-state index contributed by atoms with van der Waals surface area (Å²) in [4.78, 5) is 38.2. The second-order valence-electron chi connectivity index (χ2n) is 10.1. The lowest BCUT2D eigenvalue weighted by molar-refractivity contribution is -0.158. The monoisotopic (exact) mass is 430 g/mol. The highest BCUT2D eigenvalue weighted by Crippen LogP contribution is 2.60. The second kappa shape index (κ2) is 7.95. The average Bonchev–Trinajstić information content (AvgIpc) is 2.92. The first kappa shape index (κ1) is 21.8. The van der Waals surface area contributed by atoms with Gasteiger partial charge < -0.3 is 15.4 Å². The van der Waals surface area contributed by atoms with Crippen molar-refractivity contribution in [1.82, 2.24) is 15.1 Å². The van der Waals surface area contributed by atoms with E-state index in [4.69, 9.17) is 4.74 Å². The highest BCUT2D eigenvalue weighted by Gasteiger charge is 2.54. The van der Waals surface area contributed by atoms with Crippen LogP contribution in [0, 0.1) is 37.0 Å². The van der Waals surface area contributed by atoms with Crippen molar-refractivity contribution < 1.29 is 19.1 Å². The van der Waals surface area contributed by atoms with Crippen molar-refractivity contribution in [1.29, 1.82) is 0 Å². The molecule has 8 heteroatoms. The molecule has 4 saturated carbocycles. The minimum atomic E-state index is -0.981. The van der Waals surface area contributed by atoms with Crippen molar-refractivity contribution >= 4 is 23.5 Å². The number of carbonyl (C=O) groups excluding carboxylic acids is 3. The maximum atomic E-state index is 13.1. The summed E-state index contributed by atoms with van der Waals surface area (Å²) in [5.41, 5.74) is 1.82. The Labute approximate surface area is 183 Å². The van der Waals surface area contributed by atoms with Crippen molar-refractivity contribution in [3.05, 3.63) is 11.4 Å². The highest BCUT2D eigenvalue weighted by molar-refractivity contribution is 5.96. The van der Waals surface area contributed by atoms with Crippen LogP contribution >= 0.6 is 0 Å². The molecule has 0 unspecified atom stereocenters. The van der Waals surface area contributed by atoms with Crippen LogP contribution in [0.2, 0.25) is 0 Å². The number of nitrogens with one attached hydrogen (secondary N) is 2. The zero-order valence-electron chi connectivity index (χ0n) is 19.2. The molecule has 4 fully saturated rings. The predicted octanol–water partition coefficient (Wildman–Crippen LogP) is 2.63. The zero-order chi connectivity index (χ0) is 22.5. The van der Waals surface area contributed by atoms with Crippen molar-refractivity contribution in [2.24, 2.45) is 30.2 Å². The Hall–Kier alpha value is -2.38. The molecule has 4 aliphatic rings. The molecule has 1 aromatic heterocycles. The maximum Gasteiger partial charge on any atom is 0.329 e. The summed E-state index contributed by atoms with van der Waals surface area (Å²) in [6, 6.07) is -0.794. The van der Waals surface area contributed by atoms with Crippen LogP contribution in [0.15, 0.2) is 0 Å². The van der Waals surface area contributed by atoms with Gasteiger partial charge >= 0.3 is 5.97 Å². The van der Waals surface area contributed by atoms with E-state index in [2.05, 4.69) is 15.7 Å². The van der Waals surface area contributed by atoms with E-state index >= 15 is 0 Å². The Kier molecular flexibility index (Phi) is 5.60. The van der Waals surface area contributed by atoms with Crippen molar-refractivity contribution in [3.63, 3.8) is 0 Å². The van der Waals surface area contributed by atoms with Gasteiger partial charge in [-0.15, -0.1) is 0 Å². The number of hydrogen-bond donors (Lipinski definition) is 2. The summed E-state index contributed by atoms with van der Waals surface area (Å²) in [5.74, 6) is 0.925. The topological polar surface area (TPSA) is 102 Å². The zero-order valence-corrected chi connectivity index (χ0v) is 19.2. The fourth-order valence-corrected chi connectivity index (χ4v) is 6.31. The molecule has 4 bridgehead atoms. The van der Waals surface area contributed by atoms with Gasteiger partial charge in [-0.3, -0.25) is 14.3 Å². The fourth-order valence-electron chi connectivity index (χ4n) is 6.31. The van der Waals surface area contributed by atoms with Crippen LogP contribution < -0.4 is 10.6 Å². The van der Waals surface area contributed by atoms with Gasteiger partial charge in [-0.25, -0.2) is 4.79 Å². The summed E-state index contributed by atoms with van der Waals surface area (Å²) in [6.07, 6.45) is 5.61. The van der Waals surface area contributed by atoms with Gasteiger partial charge in [-0.1, -0.05) is 0 Å². The van der Waals surface area contributed by atoms with E-state index in [1.165, 1.54) is 26.2 Å². The van der Waals surface area contributed by atoms with Gasteiger partial charge in [0.2, 0.25) is 5.91 Å². The molecule has 2 amide bonds. The Morgan fingerprint density at radius 1 is 1.06 bits per heavy atom. The molecule has 0 aromatic carbocycles. The first-order chi connectivity index (χ1) is 14.6. The van der Waals surface area contributed by atoms with E-state index in [9.17, 15) is 14.4 Å². The van der Waals surface area contributed by atoms with Crippen LogP contribution in [-0.4, -0.2) is 39.7 Å². The first-order valence-electron chi connectivity index (χ1n) is 11.4. The smallest absolute Gasteiger partial charge is 0.329 e. The lowest BCUT2D eigenvalue weighted by Gasteiger charge is -2.55. The van der Waals surface area contributed by atoms with Crippen molar-refractivity contribution in [3.8, 4) is 0 Å². The molecule has 4 aliphatic carbocycles. The van der Waals surface area contributed by atoms with Crippen LogP contribution in [0.25, 0.3) is 0 Å². The summed E-state index contributed by atoms with van der Waals surface area (Å²) in [7, 11) is 1.80. The molecule has 5 rings (SSSR count). The number of ether oxygens (including phenoxy) is 1. The quantitative estimate of drug-likeness (QED) is 0.676. The molecule has 170 valence electrons. The number of nitrogens with zero attached hydrogens (tertiary/aromatic N) is 2. The number of amides is 2. The summed E-state index contributed by atoms with van der Waals surface area (Å²) in [6.45, 7) is 6.82. The normalized spacial score (nSPS) is 30.5. The molecular weight excluding hydrogens is 396 g/mol. The van der Waals surface area contributed by atoms with Gasteiger partial charge in [0, 0.05) is 12.5 Å². The number of esters is 1. The van der Waals surface area contributed by atoms with Gasteiger partial charge in [-0.05, 0) is 84.0 Å². The van der Waals surface area contributed by atoms with Gasteiger partial charge in [0.05, 0.1) is 17.1 Å². The third-order valence-corrected chi connectivity index (χ3v) is 7.64. The van der Waals surface area contributed by atoms with Crippen LogP contribution in [0.5, 0.6) is 0 Å². The Morgan fingerprint density at radius 3 is 2.10 bits per heavy atom. The molecule has 0 radical (unpaired) electrons. The molecule has 0 aliphatic heterocycles. The summed E-state index contributed by atoms with van der Waals surface area (Å²) >= 11 is 0. The van der Waals surface area contributed by atoms with E-state index in [1.807, 2.05) is 6.92 Å². The van der Waals surface area contributed by atoms with Crippen LogP contribution in [0.1, 0.15) is 63.8 Å². The van der Waals surface area contributed by atoms with Gasteiger partial charge in [0.25, 0.3) is 5.91 Å². The second-order valence-corrected chi connectivity index (χ2v) is 10.1. The van der Waals surface area contributed by atoms with E-state index in [0.29, 0.717) is 29.1 Å². The third-order valence-electron chi connectivity index (χ3n) is 7.64. The average molecular weight is 431 g/mol. The molecule has 31 heavy (non-hydrogen) atoms. The lowest BCUT2D eigenvalue weighted by Crippen LogP contribution is -2.56. The van der Waals surface area contributed by atoms with E-state index < -0.39 is 24.0 Å². The fraction of sp³-hybridized carbons (Fsp3) is 0.739. The number of carbonyl (C=O) groups is 3. The third kappa shape index (κ3) is 4.08. The van der Waals surface area contributed by atoms with Crippen LogP contribution in [-0.2, 0) is 26.2 Å². The maximum absolute atomic E-state index is 13.1. The molecular formula is C23H34N4O4. The Bertz CT molecular complexity index is 870. The highest BCUT2D eigenvalue weighted by atomic mass is 16.5. The number of rotatable bonds is 6. The number of aromatic nitrogens is 2. The molecule has 2 atom stereocenters. The van der Waals surface area contributed by atoms with Crippen LogP contribution in [0.4, 0.5) is 5.69 Å². The van der Waals surface area contributed by atoms with Gasteiger partial charge in [0.15, 0.2) is 6.10 Å². The molecule has 8 nitrogen and oxygen atoms in total. The molecule has 1 heterocycles. The molecule has 0 spiro atoms. The summed E-state index contributed by atoms with van der Waals surface area (Å²) in [5, 5.41) is 9.95. The minimum Gasteiger partial charge on any atom is -0.451 e. The van der Waals surface area contributed by atoms with E-state index in [1.54, 1.807) is 25.6 Å². The van der Waals surface area contributed by atoms with Crippen molar-refractivity contribution in [2.45, 2.75) is 78.4 Å². The largest absolute Gasteiger partial charge is 0.451 e. The SMILES string of the molecule is Cc1nn(C)c(C)c1NC(=O)[C@@H](C)OC(=O)[C@H](C)NC(=O)C12CC3CC(CC(C3)C1)C2. The lowest BCUT2D eigenvalue weighted by atomic mass is 9.49. The van der Waals surface area contributed by atoms with E-state index in [-0.39, 0.29) is 11.3 Å². The van der Waals surface area contributed by atoms with E-state index in [0.717, 1.165) is 25.0 Å². The number of aryl methyl sites for hydroxylation is 2. The van der Waals surface area contributed by atoms with Crippen LogP contribution in [0.3, 0.4) is 0 Å². The Balaban J connectivity index is 1.32.